The lowest BCUT2D eigenvalue weighted by molar-refractivity contribution is -0.120. The number of para-hydroxylation sites is 2. The second-order valence-electron chi connectivity index (χ2n) is 8.31. The molecule has 2 aromatic carbocycles. The molecule has 0 saturated carbocycles. The summed E-state index contributed by atoms with van der Waals surface area (Å²) in [5, 5.41) is 10.6. The molecular weight excluding hydrogens is 434 g/mol. The zero-order chi connectivity index (χ0) is 23.9. The highest BCUT2D eigenvalue weighted by Crippen LogP contribution is 2.29. The van der Waals surface area contributed by atoms with Crippen molar-refractivity contribution in [2.75, 3.05) is 25.2 Å². The summed E-state index contributed by atoms with van der Waals surface area (Å²) in [4.78, 5) is 29.6. The normalized spacial score (nSPS) is 19.4. The molecule has 0 radical (unpaired) electrons. The average Bonchev–Trinajstić information content (AvgIpc) is 3.51. The molecule has 0 spiro atoms. The molecule has 2 atom stereocenters. The Labute approximate surface area is 198 Å². The van der Waals surface area contributed by atoms with E-state index in [0.29, 0.717) is 29.8 Å². The topological polar surface area (TPSA) is 109 Å². The van der Waals surface area contributed by atoms with Gasteiger partial charge in [0.1, 0.15) is 24.2 Å². The van der Waals surface area contributed by atoms with Gasteiger partial charge in [-0.2, -0.15) is 0 Å². The van der Waals surface area contributed by atoms with Crippen molar-refractivity contribution in [3.63, 3.8) is 0 Å². The van der Waals surface area contributed by atoms with Gasteiger partial charge < -0.3 is 24.7 Å². The Hall–Kier alpha value is -3.72. The van der Waals surface area contributed by atoms with Crippen LogP contribution in [0.3, 0.4) is 0 Å². The Morgan fingerprint density at radius 2 is 1.91 bits per heavy atom. The number of anilines is 1. The lowest BCUT2D eigenvalue weighted by Gasteiger charge is -2.19. The number of fused-ring (bicyclic) bond motifs is 1. The van der Waals surface area contributed by atoms with Gasteiger partial charge >= 0.3 is 0 Å². The monoisotopic (exact) mass is 463 g/mol. The van der Waals surface area contributed by atoms with Gasteiger partial charge in [0.2, 0.25) is 5.82 Å². The molecule has 3 heterocycles. The molecule has 3 aromatic rings. The fourth-order valence-electron chi connectivity index (χ4n) is 3.79. The number of likely N-dealkylation sites (N-methyl/N-ethyl adjacent to an activating group) is 1. The highest BCUT2D eigenvalue weighted by Gasteiger charge is 2.31. The standard InChI is InChI=1S/C20H19N5O3.C5H10O/c1-25-15-9-5-6-10-16(15)28-12-14(20(25)27)21-19(26)18-22-17(23-24-18)11-13-7-3-2-4-8-13;1-5-3-2-4-6-5/h2-10,14H,11-12H2,1H3,(H,21,26)(H,22,23,24);5H,2-4H2,1H3/t14-;/m0./s1. The number of rotatable bonds is 4. The van der Waals surface area contributed by atoms with E-state index in [2.05, 4.69) is 27.4 Å². The van der Waals surface area contributed by atoms with Crippen LogP contribution in [0.2, 0.25) is 0 Å². The number of aromatic amines is 1. The molecule has 9 heteroatoms. The number of H-pyrrole nitrogens is 1. The molecule has 0 aliphatic carbocycles. The first-order valence-electron chi connectivity index (χ1n) is 11.4. The summed E-state index contributed by atoms with van der Waals surface area (Å²) in [7, 11) is 1.65. The summed E-state index contributed by atoms with van der Waals surface area (Å²) in [6.45, 7) is 3.14. The van der Waals surface area contributed by atoms with Crippen molar-refractivity contribution in [2.45, 2.75) is 38.3 Å². The van der Waals surface area contributed by atoms with E-state index in [9.17, 15) is 9.59 Å². The highest BCUT2D eigenvalue weighted by molar-refractivity contribution is 6.02. The van der Waals surface area contributed by atoms with Crippen LogP contribution in [-0.4, -0.2) is 59.4 Å². The fourth-order valence-corrected chi connectivity index (χ4v) is 3.79. The highest BCUT2D eigenvalue weighted by atomic mass is 16.5. The Balaban J connectivity index is 0.000000398. The Morgan fingerprint density at radius 1 is 1.15 bits per heavy atom. The maximum atomic E-state index is 12.7. The predicted octanol–water partition coefficient (Wildman–Crippen LogP) is 2.73. The van der Waals surface area contributed by atoms with Crippen molar-refractivity contribution in [1.29, 1.82) is 0 Å². The van der Waals surface area contributed by atoms with Crippen LogP contribution in [0.15, 0.2) is 54.6 Å². The van der Waals surface area contributed by atoms with Gasteiger partial charge in [-0.25, -0.2) is 0 Å². The molecule has 1 aromatic heterocycles. The third-order valence-electron chi connectivity index (χ3n) is 5.69. The SMILES string of the molecule is CC1CCCO1.CN1C(=O)[C@@H](NC(=O)c2nnc(Cc3ccccc3)[nH]2)COc2ccccc21. The second-order valence-corrected chi connectivity index (χ2v) is 8.31. The summed E-state index contributed by atoms with van der Waals surface area (Å²) in [5.74, 6) is 0.461. The summed E-state index contributed by atoms with van der Waals surface area (Å²) in [6.07, 6.45) is 3.61. The predicted molar refractivity (Wildman–Crippen MR) is 127 cm³/mol. The largest absolute Gasteiger partial charge is 0.489 e. The van der Waals surface area contributed by atoms with E-state index in [1.54, 1.807) is 19.2 Å². The van der Waals surface area contributed by atoms with Gasteiger partial charge in [0.15, 0.2) is 0 Å². The lowest BCUT2D eigenvalue weighted by atomic mass is 10.1. The van der Waals surface area contributed by atoms with Crippen LogP contribution in [-0.2, 0) is 16.0 Å². The van der Waals surface area contributed by atoms with Crippen LogP contribution in [0.4, 0.5) is 5.69 Å². The number of hydrogen-bond acceptors (Lipinski definition) is 6. The van der Waals surface area contributed by atoms with Crippen LogP contribution in [0.5, 0.6) is 5.75 Å². The summed E-state index contributed by atoms with van der Waals surface area (Å²) in [6, 6.07) is 16.2. The summed E-state index contributed by atoms with van der Waals surface area (Å²) < 4.78 is 10.9. The molecule has 0 bridgehead atoms. The number of hydrogen-bond donors (Lipinski definition) is 2. The molecule has 9 nitrogen and oxygen atoms in total. The van der Waals surface area contributed by atoms with Crippen molar-refractivity contribution in [3.8, 4) is 5.75 Å². The molecule has 5 rings (SSSR count). The molecular formula is C25H29N5O4. The molecule has 2 aliphatic heterocycles. The van der Waals surface area contributed by atoms with Crippen LogP contribution < -0.4 is 15.0 Å². The molecule has 178 valence electrons. The number of ether oxygens (including phenoxy) is 2. The summed E-state index contributed by atoms with van der Waals surface area (Å²) >= 11 is 0. The Morgan fingerprint density at radius 3 is 2.62 bits per heavy atom. The van der Waals surface area contributed by atoms with Gasteiger partial charge in [-0.05, 0) is 37.5 Å². The number of nitrogens with zero attached hydrogens (tertiary/aromatic N) is 3. The molecule has 1 unspecified atom stereocenters. The van der Waals surface area contributed by atoms with E-state index in [-0.39, 0.29) is 18.3 Å². The van der Waals surface area contributed by atoms with Crippen molar-refractivity contribution in [2.24, 2.45) is 0 Å². The smallest absolute Gasteiger partial charge is 0.289 e. The van der Waals surface area contributed by atoms with Gasteiger partial charge in [-0.3, -0.25) is 9.59 Å². The number of amides is 2. The third-order valence-corrected chi connectivity index (χ3v) is 5.69. The summed E-state index contributed by atoms with van der Waals surface area (Å²) in [5.41, 5.74) is 1.71. The number of nitrogens with one attached hydrogen (secondary N) is 2. The molecule has 34 heavy (non-hydrogen) atoms. The fraction of sp³-hybridized carbons (Fsp3) is 0.360. The number of benzene rings is 2. The Kier molecular flexibility index (Phi) is 7.54. The zero-order valence-corrected chi connectivity index (χ0v) is 19.4. The zero-order valence-electron chi connectivity index (χ0n) is 19.4. The van der Waals surface area contributed by atoms with Crippen LogP contribution in [0.1, 0.15) is 41.8 Å². The van der Waals surface area contributed by atoms with Gasteiger partial charge in [0.25, 0.3) is 11.8 Å². The van der Waals surface area contributed by atoms with Crippen LogP contribution in [0, 0.1) is 0 Å². The van der Waals surface area contributed by atoms with Crippen molar-refractivity contribution >= 4 is 17.5 Å². The number of carbonyl (C=O) groups excluding carboxylic acids is 2. The Bertz CT molecular complexity index is 1110. The third kappa shape index (κ3) is 5.79. The van der Waals surface area contributed by atoms with E-state index in [1.165, 1.54) is 17.7 Å². The maximum Gasteiger partial charge on any atom is 0.289 e. The second kappa shape index (κ2) is 10.9. The van der Waals surface area contributed by atoms with Gasteiger partial charge in [-0.1, -0.05) is 42.5 Å². The van der Waals surface area contributed by atoms with Crippen LogP contribution in [0.25, 0.3) is 0 Å². The molecule has 2 amide bonds. The minimum atomic E-state index is -0.826. The number of aromatic nitrogens is 3. The molecule has 2 N–H and O–H groups in total. The quantitative estimate of drug-likeness (QED) is 0.616. The van der Waals surface area contributed by atoms with E-state index in [0.717, 1.165) is 12.2 Å². The molecule has 1 saturated heterocycles. The van der Waals surface area contributed by atoms with E-state index < -0.39 is 11.9 Å². The minimum Gasteiger partial charge on any atom is -0.489 e. The van der Waals surface area contributed by atoms with Gasteiger partial charge in [0, 0.05) is 20.1 Å². The molecule has 2 aliphatic rings. The van der Waals surface area contributed by atoms with Crippen molar-refractivity contribution < 1.29 is 19.1 Å². The lowest BCUT2D eigenvalue weighted by Crippen LogP contribution is -2.49. The first-order chi connectivity index (χ1) is 16.5. The van der Waals surface area contributed by atoms with Crippen LogP contribution >= 0.6 is 0 Å². The first kappa shape index (κ1) is 23.4. The van der Waals surface area contributed by atoms with E-state index >= 15 is 0 Å². The van der Waals surface area contributed by atoms with Gasteiger partial charge in [-0.15, -0.1) is 10.2 Å². The van der Waals surface area contributed by atoms with Crippen molar-refractivity contribution in [1.82, 2.24) is 20.5 Å². The minimum absolute atomic E-state index is 0.0386. The first-order valence-corrected chi connectivity index (χ1v) is 11.4. The van der Waals surface area contributed by atoms with E-state index in [1.807, 2.05) is 42.5 Å². The maximum absolute atomic E-state index is 12.7. The van der Waals surface area contributed by atoms with Gasteiger partial charge in [0.05, 0.1) is 11.8 Å². The van der Waals surface area contributed by atoms with Crippen molar-refractivity contribution in [3.05, 3.63) is 71.8 Å². The average molecular weight is 464 g/mol. The number of carbonyl (C=O) groups is 2. The molecule has 1 fully saturated rings. The van der Waals surface area contributed by atoms with E-state index in [4.69, 9.17) is 9.47 Å².